The molecule has 66 heavy (non-hydrogen) atoms. The second kappa shape index (κ2) is 18.4. The third-order valence-electron chi connectivity index (χ3n) is 10.1. The normalized spacial score (nSPS) is 11.5. The molecule has 24 heteroatoms. The van der Waals surface area contributed by atoms with Crippen molar-refractivity contribution in [3.8, 4) is 5.75 Å². The fourth-order valence-electron chi connectivity index (χ4n) is 7.20. The number of benzene rings is 6. The van der Waals surface area contributed by atoms with Crippen LogP contribution in [-0.2, 0) is 13.0 Å². The molecule has 0 amide bonds. The molecule has 0 bridgehead atoms. The second-order valence-electron chi connectivity index (χ2n) is 13.8. The van der Waals surface area contributed by atoms with Gasteiger partial charge in [-0.15, -0.1) is 21.9 Å². The van der Waals surface area contributed by atoms with E-state index < -0.39 is 144 Å². The van der Waals surface area contributed by atoms with Gasteiger partial charge in [-0.2, -0.15) is 4.57 Å². The Bertz CT molecular complexity index is 2660. The van der Waals surface area contributed by atoms with Crippen molar-refractivity contribution in [2.75, 3.05) is 0 Å². The van der Waals surface area contributed by atoms with Crippen molar-refractivity contribution in [2.24, 2.45) is 0 Å². The molecule has 1 heterocycles. The van der Waals surface area contributed by atoms with E-state index in [9.17, 15) is 57.8 Å². The summed E-state index contributed by atoms with van der Waals surface area (Å²) >= 11 is 0. The van der Waals surface area contributed by atoms with Gasteiger partial charge in [-0.05, 0) is 17.7 Å². The minimum Gasteiger partial charge on any atom is -0.508 e. The quantitative estimate of drug-likeness (QED) is 0.0546. The average Bonchev–Trinajstić information content (AvgIpc) is 3.30. The average molecular weight is 956 g/mol. The zero-order chi connectivity index (χ0) is 48.8. The Hall–Kier alpha value is -7.14. The molecular weight excluding hydrogens is 939 g/mol. The molecule has 0 saturated carbocycles. The van der Waals surface area contributed by atoms with Crippen LogP contribution in [0.15, 0.2) is 73.2 Å². The van der Waals surface area contributed by atoms with Gasteiger partial charge in [-0.25, -0.2) is 87.8 Å². The monoisotopic (exact) mass is 956 g/mol. The van der Waals surface area contributed by atoms with Crippen molar-refractivity contribution in [3.63, 3.8) is 0 Å². The third kappa shape index (κ3) is 7.90. The highest BCUT2D eigenvalue weighted by Gasteiger charge is 2.52. The molecule has 3 nitrogen and oxygen atoms in total. The summed E-state index contributed by atoms with van der Waals surface area (Å²) < 4.78 is 296. The van der Waals surface area contributed by atoms with Gasteiger partial charge in [0.15, 0.2) is 82.5 Å². The van der Waals surface area contributed by atoms with Gasteiger partial charge in [-0.1, -0.05) is 42.5 Å². The molecule has 0 spiro atoms. The topological polar surface area (TPSA) is 37.0 Å². The number of nitrogens with zero attached hydrogens (tertiary/aromatic N) is 2. The Balaban J connectivity index is 0.000000284. The zero-order valence-corrected chi connectivity index (χ0v) is 31.8. The lowest BCUT2D eigenvalue weighted by molar-refractivity contribution is -0.695. The molecule has 344 valence electrons. The summed E-state index contributed by atoms with van der Waals surface area (Å²) in [6.07, 6.45) is -0.714. The lowest BCUT2D eigenvalue weighted by atomic mass is 9.12. The highest BCUT2D eigenvalue weighted by molar-refractivity contribution is 7.20. The number of aromatic hydroxyl groups is 1. The summed E-state index contributed by atoms with van der Waals surface area (Å²) in [6, 6.07) is 17.7. The molecule has 0 fully saturated rings. The molecule has 1 N–H and O–H groups in total. The second-order valence-corrected chi connectivity index (χ2v) is 13.8. The maximum atomic E-state index is 15.4. The number of rotatable bonds is 8. The van der Waals surface area contributed by atoms with Gasteiger partial charge in [-0.3, -0.25) is 4.98 Å². The molecule has 0 unspecified atom stereocenters. The Kier molecular flexibility index (Phi) is 13.5. The van der Waals surface area contributed by atoms with Gasteiger partial charge >= 0.3 is 0 Å². The summed E-state index contributed by atoms with van der Waals surface area (Å²) in [6.45, 7) is 0.830. The van der Waals surface area contributed by atoms with E-state index in [0.717, 1.165) is 24.2 Å². The van der Waals surface area contributed by atoms with Crippen molar-refractivity contribution in [2.45, 2.75) is 13.0 Å². The third-order valence-corrected chi connectivity index (χ3v) is 10.1. The van der Waals surface area contributed by atoms with Crippen molar-refractivity contribution >= 4 is 28.0 Å². The van der Waals surface area contributed by atoms with E-state index in [1.54, 1.807) is 12.1 Å². The predicted octanol–water partition coefficient (Wildman–Crippen LogP) is 8.56. The summed E-state index contributed by atoms with van der Waals surface area (Å²) in [5, 5.41) is 9.35. The van der Waals surface area contributed by atoms with Crippen LogP contribution in [0, 0.1) is 116 Å². The Morgan fingerprint density at radius 1 is 0.379 bits per heavy atom. The minimum absolute atomic E-state index is 0.294. The van der Waals surface area contributed by atoms with Gasteiger partial charge in [0.05, 0.1) is 18.8 Å². The van der Waals surface area contributed by atoms with Gasteiger partial charge in [0.2, 0.25) is 5.69 Å². The van der Waals surface area contributed by atoms with Gasteiger partial charge in [0.25, 0.3) is 0 Å². The van der Waals surface area contributed by atoms with Crippen LogP contribution >= 0.6 is 0 Å². The first kappa shape index (κ1) is 48.3. The largest absolute Gasteiger partial charge is 0.508 e. The maximum Gasteiger partial charge on any atom is 0.204 e. The van der Waals surface area contributed by atoms with Crippen LogP contribution in [0.2, 0.25) is 0 Å². The van der Waals surface area contributed by atoms with E-state index in [4.69, 9.17) is 0 Å². The Morgan fingerprint density at radius 2 is 0.682 bits per heavy atom. The van der Waals surface area contributed by atoms with E-state index in [-0.39, 0.29) is 0 Å². The first-order chi connectivity index (χ1) is 31.0. The van der Waals surface area contributed by atoms with Crippen LogP contribution in [0.4, 0.5) is 87.8 Å². The summed E-state index contributed by atoms with van der Waals surface area (Å²) in [7, 11) is 0. The van der Waals surface area contributed by atoms with E-state index >= 15 is 35.1 Å². The van der Waals surface area contributed by atoms with E-state index in [1.807, 2.05) is 36.8 Å². The van der Waals surface area contributed by atoms with E-state index in [2.05, 4.69) is 33.8 Å². The lowest BCUT2D eigenvalue weighted by Crippen LogP contribution is -2.81. The van der Waals surface area contributed by atoms with Crippen LogP contribution in [-0.4, -0.2) is 16.2 Å². The SMILES string of the molecule is Fc1c(F)c(F)c([B-](c2c(F)c(F)c(F)c(F)c2F)(c2c(F)c(F)c(F)c(F)c2F)c2c(F)c(F)c(F)c(F)c2F)c(F)c1F.Oc1ccc(Cc2cncc[n+]2Cc2ccccc2)cc1. The van der Waals surface area contributed by atoms with Crippen molar-refractivity contribution < 1.29 is 97.5 Å². The first-order valence-electron chi connectivity index (χ1n) is 17.9. The van der Waals surface area contributed by atoms with Crippen LogP contribution in [0.1, 0.15) is 16.8 Å². The van der Waals surface area contributed by atoms with Crippen LogP contribution in [0.5, 0.6) is 5.75 Å². The molecule has 6 aromatic carbocycles. The number of hydrogen-bond acceptors (Lipinski definition) is 2. The van der Waals surface area contributed by atoms with Crippen molar-refractivity contribution in [3.05, 3.63) is 206 Å². The number of aromatic nitrogens is 2. The van der Waals surface area contributed by atoms with Crippen molar-refractivity contribution in [1.29, 1.82) is 0 Å². The molecule has 0 saturated heterocycles. The summed E-state index contributed by atoms with van der Waals surface area (Å²) in [4.78, 5) is 4.23. The molecule has 0 radical (unpaired) electrons. The smallest absolute Gasteiger partial charge is 0.204 e. The van der Waals surface area contributed by atoms with Gasteiger partial charge in [0.1, 0.15) is 58.4 Å². The van der Waals surface area contributed by atoms with Gasteiger partial charge < -0.3 is 5.11 Å². The molecule has 0 aliphatic heterocycles. The van der Waals surface area contributed by atoms with E-state index in [1.165, 1.54) is 5.56 Å². The Labute approximate surface area is 355 Å². The molecule has 1 aromatic heterocycles. The summed E-state index contributed by atoms with van der Waals surface area (Å²) in [5.41, 5.74) is -10.8. The molecule has 0 aliphatic carbocycles. The molecular formula is C42H17BF20N2O. The van der Waals surface area contributed by atoms with Crippen LogP contribution < -0.4 is 26.4 Å². The van der Waals surface area contributed by atoms with Gasteiger partial charge in [0, 0.05) is 5.56 Å². The zero-order valence-electron chi connectivity index (χ0n) is 31.8. The van der Waals surface area contributed by atoms with E-state index in [0.29, 0.717) is 5.75 Å². The Morgan fingerprint density at radius 3 is 1.00 bits per heavy atom. The van der Waals surface area contributed by atoms with Crippen LogP contribution in [0.3, 0.4) is 0 Å². The predicted molar refractivity (Wildman–Crippen MR) is 190 cm³/mol. The molecule has 7 rings (SSSR count). The molecule has 7 aromatic rings. The number of phenols is 1. The fourth-order valence-corrected chi connectivity index (χ4v) is 7.20. The highest BCUT2D eigenvalue weighted by atomic mass is 19.2. The number of hydrogen-bond donors (Lipinski definition) is 1. The lowest BCUT2D eigenvalue weighted by Gasteiger charge is -2.44. The van der Waals surface area contributed by atoms with Crippen LogP contribution in [0.25, 0.3) is 0 Å². The molecule has 0 atom stereocenters. The molecule has 0 aliphatic rings. The van der Waals surface area contributed by atoms with Crippen molar-refractivity contribution in [1.82, 2.24) is 4.98 Å². The minimum atomic E-state index is -7.22. The summed E-state index contributed by atoms with van der Waals surface area (Å²) in [5.74, 6) is -71.1. The fraction of sp³-hybridized carbons (Fsp3) is 0.0476. The maximum absolute atomic E-state index is 15.4. The number of halogens is 20. The standard InChI is InChI=1S/C24BF20.C18H16N2O/c26-5-1(6(27)14(35)21(42)13(5)34)25(2-7(28)15(36)22(43)16(37)8(2)29,3-9(30)17(38)23(44)18(39)10(3)31)4-11(32)19(40)24(45)20(41)12(4)33;21-18-8-6-15(7-9-18)12-17-13-19-10-11-20(17)14-16-4-2-1-3-5-16/h;1-11,13H,12,14H2/q-1;/p+1. The number of phenolic OH excluding ortho intramolecular Hbond substituents is 1. The first-order valence-corrected chi connectivity index (χ1v) is 17.9. The highest BCUT2D eigenvalue weighted by Crippen LogP contribution is 2.31.